The van der Waals surface area contributed by atoms with Crippen LogP contribution in [0.4, 0.5) is 0 Å². The second-order valence-electron chi connectivity index (χ2n) is 5.89. The summed E-state index contributed by atoms with van der Waals surface area (Å²) in [5, 5.41) is 3.74. The minimum Gasteiger partial charge on any atom is -0.383 e. The van der Waals surface area contributed by atoms with Crippen LogP contribution in [-0.2, 0) is 4.74 Å². The van der Waals surface area contributed by atoms with Crippen molar-refractivity contribution in [3.8, 4) is 0 Å². The van der Waals surface area contributed by atoms with Gasteiger partial charge in [-0.1, -0.05) is 43.2 Å². The van der Waals surface area contributed by atoms with Crippen LogP contribution in [0.15, 0.2) is 24.3 Å². The van der Waals surface area contributed by atoms with Crippen molar-refractivity contribution in [2.45, 2.75) is 57.5 Å². The monoisotopic (exact) mass is 261 g/mol. The fourth-order valence-corrected chi connectivity index (χ4v) is 3.05. The highest BCUT2D eigenvalue weighted by molar-refractivity contribution is 5.27. The summed E-state index contributed by atoms with van der Waals surface area (Å²) in [6.07, 6.45) is 4.97. The van der Waals surface area contributed by atoms with Crippen molar-refractivity contribution in [2.24, 2.45) is 0 Å². The van der Waals surface area contributed by atoms with E-state index >= 15 is 0 Å². The summed E-state index contributed by atoms with van der Waals surface area (Å²) in [5.74, 6) is 0.752. The second kappa shape index (κ2) is 7.06. The van der Waals surface area contributed by atoms with Gasteiger partial charge in [0.15, 0.2) is 0 Å². The first-order valence-corrected chi connectivity index (χ1v) is 7.54. The summed E-state index contributed by atoms with van der Waals surface area (Å²) in [7, 11) is 1.79. The van der Waals surface area contributed by atoms with Gasteiger partial charge in [-0.2, -0.15) is 0 Å². The largest absolute Gasteiger partial charge is 0.383 e. The molecule has 0 heterocycles. The predicted octanol–water partition coefficient (Wildman–Crippen LogP) is 3.65. The highest BCUT2D eigenvalue weighted by Gasteiger charge is 2.31. The molecule has 2 nitrogen and oxygen atoms in total. The van der Waals surface area contributed by atoms with Crippen LogP contribution in [0.3, 0.4) is 0 Å². The third-order valence-corrected chi connectivity index (χ3v) is 4.13. The van der Waals surface area contributed by atoms with Crippen LogP contribution in [0.5, 0.6) is 0 Å². The van der Waals surface area contributed by atoms with Crippen molar-refractivity contribution in [1.29, 1.82) is 0 Å². The molecular formula is C17H27NO. The Kier molecular flexibility index (Phi) is 5.41. The molecule has 2 rings (SSSR count). The summed E-state index contributed by atoms with van der Waals surface area (Å²) >= 11 is 0. The van der Waals surface area contributed by atoms with Crippen LogP contribution in [-0.4, -0.2) is 25.8 Å². The molecule has 0 aromatic heterocycles. The molecule has 106 valence electrons. The molecule has 1 unspecified atom stereocenters. The van der Waals surface area contributed by atoms with E-state index in [0.717, 1.165) is 12.5 Å². The highest BCUT2D eigenvalue weighted by Crippen LogP contribution is 2.37. The molecule has 1 saturated carbocycles. The lowest BCUT2D eigenvalue weighted by Gasteiger charge is -2.39. The zero-order chi connectivity index (χ0) is 13.7. The van der Waals surface area contributed by atoms with Gasteiger partial charge in [0, 0.05) is 19.2 Å². The molecule has 0 aliphatic heterocycles. The normalized spacial score (nSPS) is 23.9. The lowest BCUT2D eigenvalue weighted by atomic mass is 9.75. The molecule has 19 heavy (non-hydrogen) atoms. The van der Waals surface area contributed by atoms with E-state index < -0.39 is 0 Å². The summed E-state index contributed by atoms with van der Waals surface area (Å²) < 4.78 is 5.29. The van der Waals surface area contributed by atoms with Crippen LogP contribution >= 0.6 is 0 Å². The number of nitrogens with one attached hydrogen (secondary N) is 1. The fraction of sp³-hybridized carbons (Fsp3) is 0.647. The van der Waals surface area contributed by atoms with E-state index in [1.165, 1.54) is 36.8 Å². The average Bonchev–Trinajstić information content (AvgIpc) is 2.33. The van der Waals surface area contributed by atoms with Crippen LogP contribution in [0.2, 0.25) is 0 Å². The number of rotatable bonds is 7. The topological polar surface area (TPSA) is 21.3 Å². The van der Waals surface area contributed by atoms with E-state index in [4.69, 9.17) is 4.74 Å². The first-order valence-electron chi connectivity index (χ1n) is 7.54. The van der Waals surface area contributed by atoms with Gasteiger partial charge in [-0.05, 0) is 37.7 Å². The molecule has 2 heteroatoms. The molecule has 1 fully saturated rings. The van der Waals surface area contributed by atoms with Crippen LogP contribution in [0.1, 0.15) is 49.7 Å². The number of hydrogen-bond acceptors (Lipinski definition) is 2. The zero-order valence-electron chi connectivity index (χ0n) is 12.5. The molecule has 0 radical (unpaired) electrons. The fourth-order valence-electron chi connectivity index (χ4n) is 3.05. The molecule has 1 atom stereocenters. The van der Waals surface area contributed by atoms with E-state index in [1.807, 2.05) is 0 Å². The molecule has 0 amide bonds. The predicted molar refractivity (Wildman–Crippen MR) is 80.6 cm³/mol. The Bertz CT molecular complexity index is 379. The highest BCUT2D eigenvalue weighted by atomic mass is 16.5. The Morgan fingerprint density at radius 2 is 2.16 bits per heavy atom. The lowest BCUT2D eigenvalue weighted by Crippen LogP contribution is -2.47. The number of ether oxygens (including phenoxy) is 1. The average molecular weight is 261 g/mol. The quantitative estimate of drug-likeness (QED) is 0.809. The van der Waals surface area contributed by atoms with E-state index in [-0.39, 0.29) is 0 Å². The van der Waals surface area contributed by atoms with Gasteiger partial charge in [0.05, 0.1) is 6.61 Å². The number of benzene rings is 1. The van der Waals surface area contributed by atoms with E-state index in [9.17, 15) is 0 Å². The molecule has 1 aromatic rings. The SMILES string of the molecule is CCCC(COC)NC1CC(c2cccc(C)c2)C1. The smallest absolute Gasteiger partial charge is 0.0615 e. The molecule has 1 aromatic carbocycles. The maximum atomic E-state index is 5.29. The van der Waals surface area contributed by atoms with Gasteiger partial charge < -0.3 is 10.1 Å². The summed E-state index contributed by atoms with van der Waals surface area (Å²) in [6, 6.07) is 10.2. The first kappa shape index (κ1) is 14.5. The van der Waals surface area contributed by atoms with Gasteiger partial charge >= 0.3 is 0 Å². The Balaban J connectivity index is 1.79. The Hall–Kier alpha value is -0.860. The number of methoxy groups -OCH3 is 1. The third-order valence-electron chi connectivity index (χ3n) is 4.13. The summed E-state index contributed by atoms with van der Waals surface area (Å²) in [4.78, 5) is 0. The van der Waals surface area contributed by atoms with Crippen molar-refractivity contribution in [3.05, 3.63) is 35.4 Å². The Labute approximate surface area is 117 Å². The van der Waals surface area contributed by atoms with Crippen molar-refractivity contribution in [3.63, 3.8) is 0 Å². The third kappa shape index (κ3) is 4.05. The van der Waals surface area contributed by atoms with Crippen LogP contribution in [0, 0.1) is 6.92 Å². The van der Waals surface area contributed by atoms with Gasteiger partial charge in [0.25, 0.3) is 0 Å². The van der Waals surface area contributed by atoms with Gasteiger partial charge in [-0.3, -0.25) is 0 Å². The first-order chi connectivity index (χ1) is 9.22. The van der Waals surface area contributed by atoms with E-state index in [0.29, 0.717) is 12.1 Å². The van der Waals surface area contributed by atoms with Gasteiger partial charge in [-0.25, -0.2) is 0 Å². The van der Waals surface area contributed by atoms with E-state index in [1.54, 1.807) is 7.11 Å². The van der Waals surface area contributed by atoms with Crippen LogP contribution < -0.4 is 5.32 Å². The van der Waals surface area contributed by atoms with Crippen molar-refractivity contribution >= 4 is 0 Å². The van der Waals surface area contributed by atoms with Crippen molar-refractivity contribution in [1.82, 2.24) is 5.32 Å². The maximum absolute atomic E-state index is 5.29. The molecule has 0 saturated heterocycles. The molecule has 0 spiro atoms. The van der Waals surface area contributed by atoms with Crippen molar-refractivity contribution in [2.75, 3.05) is 13.7 Å². The summed E-state index contributed by atoms with van der Waals surface area (Å²) in [5.41, 5.74) is 2.88. The number of aryl methyl sites for hydroxylation is 1. The summed E-state index contributed by atoms with van der Waals surface area (Å²) in [6.45, 7) is 5.24. The second-order valence-corrected chi connectivity index (χ2v) is 5.89. The van der Waals surface area contributed by atoms with Crippen LogP contribution in [0.25, 0.3) is 0 Å². The van der Waals surface area contributed by atoms with Crippen molar-refractivity contribution < 1.29 is 4.74 Å². The maximum Gasteiger partial charge on any atom is 0.0615 e. The van der Waals surface area contributed by atoms with Gasteiger partial charge in [0.2, 0.25) is 0 Å². The minimum absolute atomic E-state index is 0.526. The van der Waals surface area contributed by atoms with Gasteiger partial charge in [-0.15, -0.1) is 0 Å². The Morgan fingerprint density at radius 3 is 2.79 bits per heavy atom. The molecule has 1 aliphatic carbocycles. The standard InChI is InChI=1S/C17H27NO/c1-4-6-16(12-19-3)18-17-10-15(11-17)14-8-5-7-13(2)9-14/h5,7-9,15-18H,4,6,10-12H2,1-3H3. The lowest BCUT2D eigenvalue weighted by molar-refractivity contribution is 0.141. The molecule has 0 bridgehead atoms. The number of hydrogen-bond donors (Lipinski definition) is 1. The Morgan fingerprint density at radius 1 is 1.37 bits per heavy atom. The van der Waals surface area contributed by atoms with E-state index in [2.05, 4.69) is 43.4 Å². The molecule has 1 N–H and O–H groups in total. The molecule has 1 aliphatic rings. The minimum atomic E-state index is 0.526. The molecular weight excluding hydrogens is 234 g/mol. The van der Waals surface area contributed by atoms with Gasteiger partial charge in [0.1, 0.15) is 0 Å². The zero-order valence-corrected chi connectivity index (χ0v) is 12.5.